The Morgan fingerprint density at radius 1 is 0.824 bits per heavy atom. The Morgan fingerprint density at radius 2 is 1.53 bits per heavy atom. The normalized spacial score (nSPS) is 19.1. The highest BCUT2D eigenvalue weighted by Gasteiger charge is 2.32. The summed E-state index contributed by atoms with van der Waals surface area (Å²) in [5.74, 6) is 1.02. The first-order valence-electron chi connectivity index (χ1n) is 13.2. The summed E-state index contributed by atoms with van der Waals surface area (Å²) in [5.41, 5.74) is 4.74. The van der Waals surface area contributed by atoms with Crippen LogP contribution in [0, 0.1) is 17.7 Å². The van der Waals surface area contributed by atoms with Crippen LogP contribution in [-0.2, 0) is 0 Å². The summed E-state index contributed by atoms with van der Waals surface area (Å²) in [5, 5.41) is 0. The minimum absolute atomic E-state index is 0.112. The summed E-state index contributed by atoms with van der Waals surface area (Å²) >= 11 is 0. The molecule has 0 heterocycles. The van der Waals surface area contributed by atoms with E-state index in [0.29, 0.717) is 23.8 Å². The van der Waals surface area contributed by atoms with Gasteiger partial charge in [-0.1, -0.05) is 119 Å². The lowest BCUT2D eigenvalue weighted by atomic mass is 9.68. The number of alkyl halides is 1. The first-order chi connectivity index (χ1) is 16.7. The Balaban J connectivity index is 1.55. The number of benzene rings is 3. The number of halogens is 2. The summed E-state index contributed by atoms with van der Waals surface area (Å²) in [6.45, 7) is 1.90. The zero-order valence-corrected chi connectivity index (χ0v) is 20.5. The Labute approximate surface area is 204 Å². The van der Waals surface area contributed by atoms with Gasteiger partial charge < -0.3 is 0 Å². The average Bonchev–Trinajstić information content (AvgIpc) is 2.88. The van der Waals surface area contributed by atoms with E-state index in [2.05, 4.69) is 25.1 Å². The molecule has 3 aromatic rings. The van der Waals surface area contributed by atoms with E-state index in [4.69, 9.17) is 0 Å². The molecule has 1 aliphatic carbocycles. The van der Waals surface area contributed by atoms with E-state index in [-0.39, 0.29) is 18.4 Å². The summed E-state index contributed by atoms with van der Waals surface area (Å²) in [6.07, 6.45) is 10.4. The van der Waals surface area contributed by atoms with Gasteiger partial charge in [0.15, 0.2) is 0 Å². The van der Waals surface area contributed by atoms with Crippen LogP contribution in [0.1, 0.15) is 76.2 Å². The van der Waals surface area contributed by atoms with E-state index in [1.807, 2.05) is 48.5 Å². The zero-order chi connectivity index (χ0) is 23.8. The summed E-state index contributed by atoms with van der Waals surface area (Å²) < 4.78 is 29.0. The fourth-order valence-corrected chi connectivity index (χ4v) is 6.00. The van der Waals surface area contributed by atoms with Crippen molar-refractivity contribution in [1.82, 2.24) is 0 Å². The molecule has 0 N–H and O–H groups in total. The molecular formula is C32H38F2. The fourth-order valence-electron chi connectivity index (χ4n) is 6.00. The molecule has 0 nitrogen and oxygen atoms in total. The standard InChI is InChI=1S/C32H38F2/c1-2-3-5-12-26-13-8-9-14-29(26)30(21-22-33)28-19-20-31(32(34)23-28)27-17-15-25(16-18-27)24-10-6-4-7-11-24/h4,6-7,10-11,15-20,23,26,29-30H,2-3,5,8-9,12-14,21-22H2,1H3. The molecule has 2 heteroatoms. The second-order valence-electron chi connectivity index (χ2n) is 9.97. The highest BCUT2D eigenvalue weighted by Crippen LogP contribution is 2.44. The van der Waals surface area contributed by atoms with Crippen molar-refractivity contribution in [3.8, 4) is 22.3 Å². The van der Waals surface area contributed by atoms with Crippen molar-refractivity contribution in [3.63, 3.8) is 0 Å². The van der Waals surface area contributed by atoms with E-state index in [1.165, 1.54) is 44.9 Å². The van der Waals surface area contributed by atoms with Gasteiger partial charge in [0.2, 0.25) is 0 Å². The van der Waals surface area contributed by atoms with Crippen molar-refractivity contribution in [2.75, 3.05) is 6.67 Å². The van der Waals surface area contributed by atoms with Gasteiger partial charge in [-0.05, 0) is 58.9 Å². The van der Waals surface area contributed by atoms with Gasteiger partial charge in [0, 0.05) is 5.56 Å². The number of rotatable bonds is 10. The lowest BCUT2D eigenvalue weighted by molar-refractivity contribution is 0.174. The minimum Gasteiger partial charge on any atom is -0.251 e. The van der Waals surface area contributed by atoms with Crippen LogP contribution in [-0.4, -0.2) is 6.67 Å². The SMILES string of the molecule is CCCCCC1CCCCC1C(CCF)c1ccc(-c2ccc(-c3ccccc3)cc2)c(F)c1. The lowest BCUT2D eigenvalue weighted by Gasteiger charge is -2.37. The largest absolute Gasteiger partial charge is 0.251 e. The predicted octanol–water partition coefficient (Wildman–Crippen LogP) is 9.99. The van der Waals surface area contributed by atoms with Crippen molar-refractivity contribution in [3.05, 3.63) is 84.2 Å². The highest BCUT2D eigenvalue weighted by molar-refractivity contribution is 5.70. The van der Waals surface area contributed by atoms with Crippen LogP contribution in [0.3, 0.4) is 0 Å². The summed E-state index contributed by atoms with van der Waals surface area (Å²) in [6, 6.07) is 23.9. The van der Waals surface area contributed by atoms with Crippen LogP contribution in [0.5, 0.6) is 0 Å². The zero-order valence-electron chi connectivity index (χ0n) is 20.5. The van der Waals surface area contributed by atoms with Crippen molar-refractivity contribution in [2.24, 2.45) is 11.8 Å². The molecule has 0 aliphatic heterocycles. The third kappa shape index (κ3) is 5.95. The molecule has 0 radical (unpaired) electrons. The summed E-state index contributed by atoms with van der Waals surface area (Å²) in [4.78, 5) is 0. The third-order valence-electron chi connectivity index (χ3n) is 7.81. The third-order valence-corrected chi connectivity index (χ3v) is 7.81. The molecule has 1 saturated carbocycles. The molecule has 34 heavy (non-hydrogen) atoms. The van der Waals surface area contributed by atoms with E-state index in [0.717, 1.165) is 28.7 Å². The predicted molar refractivity (Wildman–Crippen MR) is 140 cm³/mol. The van der Waals surface area contributed by atoms with E-state index < -0.39 is 0 Å². The molecule has 3 unspecified atom stereocenters. The molecule has 0 aromatic heterocycles. The van der Waals surface area contributed by atoms with Crippen molar-refractivity contribution in [2.45, 2.75) is 70.6 Å². The molecule has 3 aromatic carbocycles. The smallest absolute Gasteiger partial charge is 0.131 e. The van der Waals surface area contributed by atoms with Crippen LogP contribution < -0.4 is 0 Å². The molecule has 180 valence electrons. The topological polar surface area (TPSA) is 0 Å². The number of hydrogen-bond donors (Lipinski definition) is 0. The maximum atomic E-state index is 15.4. The van der Waals surface area contributed by atoms with Gasteiger partial charge in [0.1, 0.15) is 5.82 Å². The Hall–Kier alpha value is -2.48. The van der Waals surface area contributed by atoms with Gasteiger partial charge in [0.05, 0.1) is 6.67 Å². The molecule has 3 atom stereocenters. The number of hydrogen-bond acceptors (Lipinski definition) is 0. The van der Waals surface area contributed by atoms with E-state index in [1.54, 1.807) is 6.07 Å². The van der Waals surface area contributed by atoms with E-state index in [9.17, 15) is 4.39 Å². The molecule has 0 spiro atoms. The fraction of sp³-hybridized carbons (Fsp3) is 0.438. The molecule has 0 bridgehead atoms. The lowest BCUT2D eigenvalue weighted by Crippen LogP contribution is -2.26. The second-order valence-corrected chi connectivity index (χ2v) is 9.97. The van der Waals surface area contributed by atoms with Crippen LogP contribution in [0.15, 0.2) is 72.8 Å². The highest BCUT2D eigenvalue weighted by atomic mass is 19.1. The quantitative estimate of drug-likeness (QED) is 0.264. The summed E-state index contributed by atoms with van der Waals surface area (Å²) in [7, 11) is 0. The molecule has 1 fully saturated rings. The molecule has 1 aliphatic rings. The second kappa shape index (κ2) is 12.3. The number of unbranched alkanes of at least 4 members (excludes halogenated alkanes) is 2. The van der Waals surface area contributed by atoms with Crippen LogP contribution in [0.25, 0.3) is 22.3 Å². The maximum Gasteiger partial charge on any atom is 0.131 e. The van der Waals surface area contributed by atoms with Crippen LogP contribution in [0.4, 0.5) is 8.78 Å². The molecular weight excluding hydrogens is 422 g/mol. The molecule has 0 saturated heterocycles. The molecule has 4 rings (SSSR count). The van der Waals surface area contributed by atoms with Crippen LogP contribution in [0.2, 0.25) is 0 Å². The van der Waals surface area contributed by atoms with Gasteiger partial charge in [-0.15, -0.1) is 0 Å². The maximum absolute atomic E-state index is 15.4. The van der Waals surface area contributed by atoms with Gasteiger partial charge >= 0.3 is 0 Å². The molecule has 0 amide bonds. The Bertz CT molecular complexity index is 1010. The van der Waals surface area contributed by atoms with Gasteiger partial charge in [-0.25, -0.2) is 4.39 Å². The van der Waals surface area contributed by atoms with Crippen molar-refractivity contribution < 1.29 is 8.78 Å². The van der Waals surface area contributed by atoms with Crippen molar-refractivity contribution >= 4 is 0 Å². The Morgan fingerprint density at radius 3 is 2.24 bits per heavy atom. The Kier molecular flexibility index (Phi) is 8.91. The van der Waals surface area contributed by atoms with Crippen molar-refractivity contribution in [1.29, 1.82) is 0 Å². The van der Waals surface area contributed by atoms with E-state index >= 15 is 4.39 Å². The minimum atomic E-state index is -0.340. The monoisotopic (exact) mass is 460 g/mol. The van der Waals surface area contributed by atoms with Gasteiger partial charge in [0.25, 0.3) is 0 Å². The van der Waals surface area contributed by atoms with Gasteiger partial charge in [-0.3, -0.25) is 4.39 Å². The first kappa shape index (κ1) is 24.6. The first-order valence-corrected chi connectivity index (χ1v) is 13.2. The van der Waals surface area contributed by atoms with Crippen LogP contribution >= 0.6 is 0 Å². The average molecular weight is 461 g/mol. The van der Waals surface area contributed by atoms with Gasteiger partial charge in [-0.2, -0.15) is 0 Å².